The molecule has 2 aliphatic rings. The third-order valence-electron chi connectivity index (χ3n) is 7.60. The van der Waals surface area contributed by atoms with Crippen LogP contribution in [0.1, 0.15) is 49.2 Å². The maximum atomic E-state index is 13.2. The van der Waals surface area contributed by atoms with Crippen molar-refractivity contribution in [1.82, 2.24) is 28.3 Å². The maximum Gasteiger partial charge on any atom is 0.268 e. The summed E-state index contributed by atoms with van der Waals surface area (Å²) in [4.78, 5) is 26.5. The molecular formula is C32H27ClF2N8O3. The summed E-state index contributed by atoms with van der Waals surface area (Å²) in [5, 5.41) is 2.73. The maximum absolute atomic E-state index is 13.2. The van der Waals surface area contributed by atoms with Gasteiger partial charge in [0.1, 0.15) is 29.3 Å². The van der Waals surface area contributed by atoms with Gasteiger partial charge in [-0.2, -0.15) is 0 Å². The molecule has 5 aromatic rings. The van der Waals surface area contributed by atoms with Crippen molar-refractivity contribution in [3.05, 3.63) is 94.9 Å². The summed E-state index contributed by atoms with van der Waals surface area (Å²) in [6, 6.07) is 7.36. The Bertz CT molecular complexity index is 2340. The number of fused-ring (bicyclic) bond motifs is 3. The zero-order valence-corrected chi connectivity index (χ0v) is 25.6. The number of amides is 1. The molecule has 0 atom stereocenters. The van der Waals surface area contributed by atoms with E-state index in [1.807, 2.05) is 22.9 Å². The number of ether oxygens (including phenoxy) is 1. The number of nitrogens with one attached hydrogen (secondary N) is 1. The van der Waals surface area contributed by atoms with Crippen LogP contribution >= 0.6 is 11.6 Å². The lowest BCUT2D eigenvalue weighted by molar-refractivity contribution is 0.102. The molecule has 0 bridgehead atoms. The Morgan fingerprint density at radius 3 is 2.67 bits per heavy atom. The highest BCUT2D eigenvalue weighted by atomic mass is 35.5. The molecule has 0 unspecified atom stereocenters. The van der Waals surface area contributed by atoms with Gasteiger partial charge in [0, 0.05) is 59.4 Å². The average Bonchev–Trinajstić information content (AvgIpc) is 3.72. The van der Waals surface area contributed by atoms with Crippen LogP contribution in [0.5, 0.6) is 5.75 Å². The SMILES string of the molecule is CCOc1cc(C(=O)Nc2cc(C(F)F)ccn2)cc(Cl)c1-c1ncn2ccnc(-c3cn4c5oc=5n(C(C)C)cc4cc3N)c12. The Morgan fingerprint density at radius 2 is 1.91 bits per heavy atom. The highest BCUT2D eigenvalue weighted by Gasteiger charge is 2.24. The quantitative estimate of drug-likeness (QED) is 0.178. The van der Waals surface area contributed by atoms with E-state index in [1.165, 1.54) is 24.4 Å². The summed E-state index contributed by atoms with van der Waals surface area (Å²) in [7, 11) is 0. The highest BCUT2D eigenvalue weighted by molar-refractivity contribution is 6.34. The number of aromatic nitrogens is 6. The lowest BCUT2D eigenvalue weighted by Gasteiger charge is -2.15. The largest absolute Gasteiger partial charge is 0.493 e. The number of carbonyl (C=O) groups is 1. The molecular weight excluding hydrogens is 618 g/mol. The van der Waals surface area contributed by atoms with Crippen LogP contribution in [0.25, 0.3) is 33.5 Å². The Balaban J connectivity index is 1.34. The van der Waals surface area contributed by atoms with Crippen LogP contribution in [0.2, 0.25) is 5.02 Å². The van der Waals surface area contributed by atoms with Crippen molar-refractivity contribution in [3.8, 4) is 28.3 Å². The molecule has 11 nitrogen and oxygen atoms in total. The fourth-order valence-electron chi connectivity index (χ4n) is 5.40. The second-order valence-corrected chi connectivity index (χ2v) is 11.3. The lowest BCUT2D eigenvalue weighted by Crippen LogP contribution is -2.14. The molecule has 0 saturated heterocycles. The number of alkyl halides is 2. The van der Waals surface area contributed by atoms with Gasteiger partial charge in [-0.05, 0) is 51.1 Å². The first-order valence-electron chi connectivity index (χ1n) is 14.4. The molecule has 0 spiro atoms. The molecule has 234 valence electrons. The highest BCUT2D eigenvalue weighted by Crippen LogP contribution is 2.42. The van der Waals surface area contributed by atoms with Crippen molar-refractivity contribution in [2.45, 2.75) is 33.2 Å². The molecule has 1 aromatic carbocycles. The number of nitrogens with two attached hydrogens (primary N) is 1. The van der Waals surface area contributed by atoms with Crippen LogP contribution in [0.3, 0.4) is 0 Å². The van der Waals surface area contributed by atoms with E-state index in [1.54, 1.807) is 30.0 Å². The number of nitrogens with zero attached hydrogens (tertiary/aromatic N) is 6. The molecule has 46 heavy (non-hydrogen) atoms. The minimum atomic E-state index is -2.71. The molecule has 1 amide bonds. The number of pyridine rings is 2. The fourth-order valence-corrected chi connectivity index (χ4v) is 5.70. The van der Waals surface area contributed by atoms with E-state index in [4.69, 9.17) is 31.5 Å². The second-order valence-electron chi connectivity index (χ2n) is 10.9. The predicted molar refractivity (Wildman–Crippen MR) is 168 cm³/mol. The predicted octanol–water partition coefficient (Wildman–Crippen LogP) is 7.24. The summed E-state index contributed by atoms with van der Waals surface area (Å²) in [6.45, 7) is 6.22. The van der Waals surface area contributed by atoms with Gasteiger partial charge in [0.25, 0.3) is 23.4 Å². The summed E-state index contributed by atoms with van der Waals surface area (Å²) < 4.78 is 43.9. The van der Waals surface area contributed by atoms with Gasteiger partial charge in [-0.3, -0.25) is 14.2 Å². The van der Waals surface area contributed by atoms with Crippen LogP contribution in [-0.2, 0) is 0 Å². The Hall–Kier alpha value is -5.43. The Morgan fingerprint density at radius 1 is 1.09 bits per heavy atom. The van der Waals surface area contributed by atoms with Crippen molar-refractivity contribution in [1.29, 1.82) is 0 Å². The molecule has 2 aliphatic heterocycles. The van der Waals surface area contributed by atoms with Crippen molar-refractivity contribution < 1.29 is 22.7 Å². The van der Waals surface area contributed by atoms with Gasteiger partial charge in [-0.1, -0.05) is 11.6 Å². The zero-order valence-electron chi connectivity index (χ0n) is 24.8. The third kappa shape index (κ3) is 4.98. The second kappa shape index (κ2) is 11.2. The van der Waals surface area contributed by atoms with Crippen molar-refractivity contribution >= 4 is 40.0 Å². The molecule has 14 heteroatoms. The fraction of sp³-hybridized carbons (Fsp3) is 0.188. The number of nitrogen functional groups attached to an aromatic ring is 1. The first-order chi connectivity index (χ1) is 22.1. The van der Waals surface area contributed by atoms with Crippen LogP contribution in [0.15, 0.2) is 72.1 Å². The monoisotopic (exact) mass is 644 g/mol. The molecule has 0 saturated carbocycles. The molecule has 7 rings (SSSR count). The number of rotatable bonds is 8. The van der Waals surface area contributed by atoms with Crippen LogP contribution in [0, 0.1) is 11.1 Å². The van der Waals surface area contributed by atoms with E-state index in [-0.39, 0.29) is 34.6 Å². The molecule has 0 fully saturated rings. The Labute approximate surface area is 264 Å². The van der Waals surface area contributed by atoms with Crippen LogP contribution in [-0.4, -0.2) is 40.8 Å². The number of anilines is 2. The van der Waals surface area contributed by atoms with E-state index in [9.17, 15) is 13.6 Å². The summed E-state index contributed by atoms with van der Waals surface area (Å²) in [6.07, 6.45) is 7.41. The third-order valence-corrected chi connectivity index (χ3v) is 7.90. The van der Waals surface area contributed by atoms with E-state index in [0.29, 0.717) is 39.5 Å². The molecule has 0 radical (unpaired) electrons. The van der Waals surface area contributed by atoms with Gasteiger partial charge in [0.15, 0.2) is 0 Å². The molecule has 0 aliphatic carbocycles. The first-order valence-corrected chi connectivity index (χ1v) is 14.8. The normalized spacial score (nSPS) is 11.9. The molecule has 6 heterocycles. The molecule has 4 aromatic heterocycles. The van der Waals surface area contributed by atoms with Crippen LogP contribution < -0.4 is 15.8 Å². The van der Waals surface area contributed by atoms with Gasteiger partial charge in [-0.25, -0.2) is 18.7 Å². The lowest BCUT2D eigenvalue weighted by atomic mass is 10.0. The average molecular weight is 645 g/mol. The number of imidazole rings is 1. The smallest absolute Gasteiger partial charge is 0.268 e. The van der Waals surface area contributed by atoms with Crippen molar-refractivity contribution in [2.24, 2.45) is 0 Å². The summed E-state index contributed by atoms with van der Waals surface area (Å²) in [5.74, 6) is -0.332. The zero-order chi connectivity index (χ0) is 32.3. The van der Waals surface area contributed by atoms with E-state index >= 15 is 0 Å². The van der Waals surface area contributed by atoms with E-state index in [2.05, 4.69) is 33.7 Å². The van der Waals surface area contributed by atoms with Gasteiger partial charge in [0.2, 0.25) is 0 Å². The van der Waals surface area contributed by atoms with Gasteiger partial charge >= 0.3 is 0 Å². The van der Waals surface area contributed by atoms with E-state index < -0.39 is 12.3 Å². The number of halogens is 3. The minimum Gasteiger partial charge on any atom is -0.493 e. The molecule has 3 N–H and O–H groups in total. The van der Waals surface area contributed by atoms with Gasteiger partial charge < -0.3 is 29.2 Å². The van der Waals surface area contributed by atoms with Gasteiger partial charge in [0.05, 0.1) is 28.2 Å². The number of hydrogen-bond donors (Lipinski definition) is 2. The topological polar surface area (TPSA) is 130 Å². The number of carbonyl (C=O) groups excluding carboxylic acids is 1. The van der Waals surface area contributed by atoms with Crippen molar-refractivity contribution in [3.63, 3.8) is 0 Å². The number of benzene rings is 1. The van der Waals surface area contributed by atoms with Crippen molar-refractivity contribution in [2.75, 3.05) is 17.7 Å². The van der Waals surface area contributed by atoms with E-state index in [0.717, 1.165) is 22.7 Å². The number of hydrogen-bond acceptors (Lipinski definition) is 7. The summed E-state index contributed by atoms with van der Waals surface area (Å²) >= 11 is 6.86. The first kappa shape index (κ1) is 29.3. The van der Waals surface area contributed by atoms with Crippen LogP contribution in [0.4, 0.5) is 20.3 Å². The summed E-state index contributed by atoms with van der Waals surface area (Å²) in [5.41, 5.74) is 12.1. The Kier molecular flexibility index (Phi) is 7.12. The van der Waals surface area contributed by atoms with Gasteiger partial charge in [-0.15, -0.1) is 0 Å². The standard InChI is InChI=1S/C32H27ClF2N8O3/c1-4-45-23-10-18(30(44)40-24-11-17(29(34)35)5-6-37-24)9-21(33)25(23)27-28-26(38-7-8-41(28)15-39-27)20-14-43-19(12-22(20)36)13-42(16(2)3)31-32(43)46-31/h5-16,29H,4,36H2,1-3H3,(H,37,40,44). The minimum absolute atomic E-state index is 0.0220.